The van der Waals surface area contributed by atoms with Gasteiger partial charge >= 0.3 is 0 Å². The summed E-state index contributed by atoms with van der Waals surface area (Å²) >= 11 is 0. The number of ether oxygens (including phenoxy) is 1. The highest BCUT2D eigenvalue weighted by molar-refractivity contribution is 6.04. The molecule has 2 aromatic rings. The molecule has 1 atom stereocenters. The molecule has 5 nitrogen and oxygen atoms in total. The van der Waals surface area contributed by atoms with Crippen LogP contribution in [-0.2, 0) is 9.59 Å². The molecule has 2 amide bonds. The molecule has 0 radical (unpaired) electrons. The Balaban J connectivity index is 1.73. The molecule has 3 rings (SSSR count). The van der Waals surface area contributed by atoms with Gasteiger partial charge in [0.1, 0.15) is 17.4 Å². The second kappa shape index (κ2) is 7.51. The number of nitrogens with one attached hydrogen (secondary N) is 1. The third kappa shape index (κ3) is 3.66. The van der Waals surface area contributed by atoms with E-state index in [1.807, 2.05) is 6.92 Å². The van der Waals surface area contributed by atoms with Gasteiger partial charge in [0.15, 0.2) is 0 Å². The number of anilines is 2. The molecule has 1 aliphatic heterocycles. The molecule has 0 aromatic heterocycles. The van der Waals surface area contributed by atoms with E-state index in [-0.39, 0.29) is 30.5 Å². The molecule has 1 unspecified atom stereocenters. The summed E-state index contributed by atoms with van der Waals surface area (Å²) in [6, 6.07) is 9.99. The zero-order valence-corrected chi connectivity index (χ0v) is 14.2. The van der Waals surface area contributed by atoms with Gasteiger partial charge in [0.2, 0.25) is 11.8 Å². The summed E-state index contributed by atoms with van der Waals surface area (Å²) in [6.07, 6.45) is -0.0422. The maximum atomic E-state index is 13.9. The summed E-state index contributed by atoms with van der Waals surface area (Å²) in [7, 11) is 0. The molecule has 2 aromatic carbocycles. The number of nitrogens with zero attached hydrogens (tertiary/aromatic N) is 1. The maximum absolute atomic E-state index is 13.9. The molecule has 0 saturated carbocycles. The Morgan fingerprint density at radius 2 is 2.04 bits per heavy atom. The number of halogens is 2. The molecule has 1 fully saturated rings. The molecule has 26 heavy (non-hydrogen) atoms. The maximum Gasteiger partial charge on any atom is 0.229 e. The van der Waals surface area contributed by atoms with E-state index in [0.717, 1.165) is 6.07 Å². The fourth-order valence-electron chi connectivity index (χ4n) is 2.90. The van der Waals surface area contributed by atoms with Gasteiger partial charge in [-0.25, -0.2) is 8.78 Å². The third-order valence-electron chi connectivity index (χ3n) is 4.14. The van der Waals surface area contributed by atoms with Crippen LogP contribution in [0.1, 0.15) is 13.3 Å². The zero-order chi connectivity index (χ0) is 18.7. The smallest absolute Gasteiger partial charge is 0.229 e. The summed E-state index contributed by atoms with van der Waals surface area (Å²) in [4.78, 5) is 25.9. The van der Waals surface area contributed by atoms with Gasteiger partial charge < -0.3 is 15.0 Å². The number of hydrogen-bond acceptors (Lipinski definition) is 3. The molecule has 0 spiro atoms. The topological polar surface area (TPSA) is 58.6 Å². The van der Waals surface area contributed by atoms with Gasteiger partial charge in [-0.1, -0.05) is 12.1 Å². The highest BCUT2D eigenvalue weighted by Gasteiger charge is 2.36. The second-order valence-corrected chi connectivity index (χ2v) is 5.92. The van der Waals surface area contributed by atoms with Crippen LogP contribution in [0.3, 0.4) is 0 Å². The Labute approximate surface area is 149 Å². The average molecular weight is 360 g/mol. The number of benzene rings is 2. The first kappa shape index (κ1) is 17.8. The van der Waals surface area contributed by atoms with Crippen LogP contribution in [0, 0.1) is 17.6 Å². The first-order valence-corrected chi connectivity index (χ1v) is 8.27. The number of rotatable bonds is 5. The molecule has 1 heterocycles. The molecule has 1 saturated heterocycles. The van der Waals surface area contributed by atoms with E-state index in [2.05, 4.69) is 5.32 Å². The van der Waals surface area contributed by atoms with Crippen molar-refractivity contribution in [2.24, 2.45) is 5.92 Å². The molecular weight excluding hydrogens is 342 g/mol. The normalized spacial score (nSPS) is 16.7. The minimum Gasteiger partial charge on any atom is -0.492 e. The van der Waals surface area contributed by atoms with Crippen LogP contribution in [0.5, 0.6) is 5.75 Å². The minimum atomic E-state index is -0.832. The average Bonchev–Trinajstić information content (AvgIpc) is 2.99. The Bertz CT molecular complexity index is 841. The van der Waals surface area contributed by atoms with Crippen molar-refractivity contribution in [1.29, 1.82) is 0 Å². The second-order valence-electron chi connectivity index (χ2n) is 5.92. The predicted molar refractivity (Wildman–Crippen MR) is 93.1 cm³/mol. The van der Waals surface area contributed by atoms with Gasteiger partial charge in [-0.05, 0) is 31.2 Å². The number of carbonyl (C=O) groups is 2. The number of amides is 2. The van der Waals surface area contributed by atoms with E-state index in [1.165, 1.54) is 11.0 Å². The largest absolute Gasteiger partial charge is 0.492 e. The van der Waals surface area contributed by atoms with Crippen molar-refractivity contribution in [1.82, 2.24) is 0 Å². The van der Waals surface area contributed by atoms with E-state index in [4.69, 9.17) is 4.74 Å². The lowest BCUT2D eigenvalue weighted by Crippen LogP contribution is -2.28. The summed E-state index contributed by atoms with van der Waals surface area (Å²) in [5.41, 5.74) is 0.486. The van der Waals surface area contributed by atoms with Crippen LogP contribution in [0.25, 0.3) is 0 Å². The lowest BCUT2D eigenvalue weighted by Gasteiger charge is -2.18. The van der Waals surface area contributed by atoms with E-state index in [0.29, 0.717) is 24.1 Å². The summed E-state index contributed by atoms with van der Waals surface area (Å²) < 4.78 is 32.5. The summed E-state index contributed by atoms with van der Waals surface area (Å²) in [6.45, 7) is 2.32. The van der Waals surface area contributed by atoms with Crippen LogP contribution in [0.2, 0.25) is 0 Å². The molecule has 7 heteroatoms. The fourth-order valence-corrected chi connectivity index (χ4v) is 2.90. The summed E-state index contributed by atoms with van der Waals surface area (Å²) in [5.74, 6) is -2.39. The van der Waals surface area contributed by atoms with Crippen LogP contribution in [0.4, 0.5) is 20.2 Å². The number of carbonyl (C=O) groups excluding carboxylic acids is 2. The van der Waals surface area contributed by atoms with Crippen molar-refractivity contribution in [3.05, 3.63) is 54.1 Å². The highest BCUT2D eigenvalue weighted by atomic mass is 19.1. The Kier molecular flexibility index (Phi) is 5.16. The van der Waals surface area contributed by atoms with Gasteiger partial charge in [0, 0.05) is 19.0 Å². The van der Waals surface area contributed by atoms with Crippen molar-refractivity contribution < 1.29 is 23.1 Å². The Hall–Kier alpha value is -2.96. The van der Waals surface area contributed by atoms with E-state index >= 15 is 0 Å². The SMILES string of the molecule is CCOc1ccccc1NC(=O)C1CC(=O)N(c2ccc(F)cc2F)C1. The van der Waals surface area contributed by atoms with Gasteiger partial charge in [-0.15, -0.1) is 0 Å². The van der Waals surface area contributed by atoms with Crippen molar-refractivity contribution >= 4 is 23.2 Å². The van der Waals surface area contributed by atoms with Crippen LogP contribution < -0.4 is 15.0 Å². The van der Waals surface area contributed by atoms with E-state index in [9.17, 15) is 18.4 Å². The van der Waals surface area contributed by atoms with Gasteiger partial charge in [0.25, 0.3) is 0 Å². The molecular formula is C19H18F2N2O3. The monoisotopic (exact) mass is 360 g/mol. The van der Waals surface area contributed by atoms with Crippen molar-refractivity contribution in [3.8, 4) is 5.75 Å². The molecule has 0 bridgehead atoms. The fraction of sp³-hybridized carbons (Fsp3) is 0.263. The first-order chi connectivity index (χ1) is 12.5. The summed E-state index contributed by atoms with van der Waals surface area (Å²) in [5, 5.41) is 2.76. The quantitative estimate of drug-likeness (QED) is 0.890. The van der Waals surface area contributed by atoms with Crippen LogP contribution >= 0.6 is 0 Å². The van der Waals surface area contributed by atoms with Crippen molar-refractivity contribution in [2.45, 2.75) is 13.3 Å². The lowest BCUT2D eigenvalue weighted by atomic mass is 10.1. The van der Waals surface area contributed by atoms with Crippen molar-refractivity contribution in [2.75, 3.05) is 23.4 Å². The predicted octanol–water partition coefficient (Wildman–Crippen LogP) is 3.36. The molecule has 1 aliphatic rings. The zero-order valence-electron chi connectivity index (χ0n) is 14.2. The van der Waals surface area contributed by atoms with Gasteiger partial charge in [0.05, 0.1) is 23.9 Å². The lowest BCUT2D eigenvalue weighted by molar-refractivity contribution is -0.122. The molecule has 1 N–H and O–H groups in total. The molecule has 0 aliphatic carbocycles. The number of hydrogen-bond donors (Lipinski definition) is 1. The van der Waals surface area contributed by atoms with Crippen LogP contribution in [-0.4, -0.2) is 25.0 Å². The van der Waals surface area contributed by atoms with E-state index in [1.54, 1.807) is 24.3 Å². The van der Waals surface area contributed by atoms with Gasteiger partial charge in [-0.3, -0.25) is 9.59 Å². The number of para-hydroxylation sites is 2. The van der Waals surface area contributed by atoms with Crippen LogP contribution in [0.15, 0.2) is 42.5 Å². The highest BCUT2D eigenvalue weighted by Crippen LogP contribution is 2.30. The minimum absolute atomic E-state index is 0.0265. The van der Waals surface area contributed by atoms with E-state index < -0.39 is 17.6 Å². The molecule has 136 valence electrons. The third-order valence-corrected chi connectivity index (χ3v) is 4.14. The van der Waals surface area contributed by atoms with Crippen molar-refractivity contribution in [3.63, 3.8) is 0 Å². The van der Waals surface area contributed by atoms with Gasteiger partial charge in [-0.2, -0.15) is 0 Å². The first-order valence-electron chi connectivity index (χ1n) is 8.27. The Morgan fingerprint density at radius 3 is 2.77 bits per heavy atom. The standard InChI is InChI=1S/C19H18F2N2O3/c1-2-26-17-6-4-3-5-15(17)22-19(25)12-9-18(24)23(11-12)16-8-7-13(20)10-14(16)21/h3-8,10,12H,2,9,11H2,1H3,(H,22,25). The Morgan fingerprint density at radius 1 is 1.27 bits per heavy atom.